The van der Waals surface area contributed by atoms with Crippen molar-refractivity contribution >= 4 is 5.91 Å². The monoisotopic (exact) mass is 393 g/mol. The Labute approximate surface area is 169 Å². The van der Waals surface area contributed by atoms with Gasteiger partial charge in [0.1, 0.15) is 5.82 Å². The molecule has 4 rings (SSSR count). The number of carbonyl (C=O) groups is 1. The number of carbonyl (C=O) groups excluding carboxylic acids is 1. The molecule has 1 fully saturated rings. The minimum atomic E-state index is -0.378. The van der Waals surface area contributed by atoms with Crippen LogP contribution in [0.4, 0.5) is 4.39 Å². The highest BCUT2D eigenvalue weighted by molar-refractivity contribution is 5.96. The van der Waals surface area contributed by atoms with Crippen molar-refractivity contribution in [3.63, 3.8) is 0 Å². The van der Waals surface area contributed by atoms with Crippen LogP contribution in [0, 0.1) is 19.7 Å². The molecular formula is C23H24FN3O2. The first-order valence-electron chi connectivity index (χ1n) is 9.80. The van der Waals surface area contributed by atoms with Crippen LogP contribution in [0.5, 0.6) is 0 Å². The number of aryl methyl sites for hydroxylation is 2. The lowest BCUT2D eigenvalue weighted by Crippen LogP contribution is -2.48. The van der Waals surface area contributed by atoms with Crippen molar-refractivity contribution in [2.75, 3.05) is 13.2 Å². The molecule has 1 aliphatic heterocycles. The number of hydrogen-bond donors (Lipinski definition) is 0. The second-order valence-electron chi connectivity index (χ2n) is 7.43. The SMILES string of the molecule is Cc1ccc(C)c(C(=O)N2CCCOC2Cn2ccc(-c3ccc(F)cc3)n2)c1. The van der Waals surface area contributed by atoms with Crippen LogP contribution in [0.25, 0.3) is 11.3 Å². The third kappa shape index (κ3) is 4.22. The van der Waals surface area contributed by atoms with Crippen molar-refractivity contribution in [1.29, 1.82) is 0 Å². The molecule has 29 heavy (non-hydrogen) atoms. The van der Waals surface area contributed by atoms with Gasteiger partial charge in [0.15, 0.2) is 6.23 Å². The van der Waals surface area contributed by atoms with Gasteiger partial charge in [0.05, 0.1) is 18.8 Å². The fraction of sp³-hybridized carbons (Fsp3) is 0.304. The first-order chi connectivity index (χ1) is 14.0. The first-order valence-corrected chi connectivity index (χ1v) is 9.80. The summed E-state index contributed by atoms with van der Waals surface area (Å²) in [4.78, 5) is 15.0. The predicted octanol–water partition coefficient (Wildman–Crippen LogP) is 4.19. The summed E-state index contributed by atoms with van der Waals surface area (Å²) >= 11 is 0. The van der Waals surface area contributed by atoms with Crippen molar-refractivity contribution in [2.24, 2.45) is 0 Å². The van der Waals surface area contributed by atoms with Crippen molar-refractivity contribution in [1.82, 2.24) is 14.7 Å². The molecule has 2 aromatic carbocycles. The minimum absolute atomic E-state index is 0.0122. The first kappa shape index (κ1) is 19.3. The van der Waals surface area contributed by atoms with E-state index in [0.717, 1.165) is 28.8 Å². The van der Waals surface area contributed by atoms with Crippen LogP contribution in [0.15, 0.2) is 54.7 Å². The number of hydrogen-bond acceptors (Lipinski definition) is 3. The number of aromatic nitrogens is 2. The zero-order chi connectivity index (χ0) is 20.4. The molecule has 5 nitrogen and oxygen atoms in total. The van der Waals surface area contributed by atoms with Gasteiger partial charge in [-0.25, -0.2) is 4.39 Å². The largest absolute Gasteiger partial charge is 0.356 e. The van der Waals surface area contributed by atoms with Gasteiger partial charge in [-0.05, 0) is 62.2 Å². The Bertz CT molecular complexity index is 1010. The van der Waals surface area contributed by atoms with E-state index in [-0.39, 0.29) is 18.0 Å². The number of halogens is 1. The molecule has 1 saturated heterocycles. The Balaban J connectivity index is 1.53. The third-order valence-electron chi connectivity index (χ3n) is 5.21. The van der Waals surface area contributed by atoms with Crippen molar-refractivity contribution in [2.45, 2.75) is 33.0 Å². The maximum atomic E-state index is 13.2. The van der Waals surface area contributed by atoms with E-state index < -0.39 is 0 Å². The molecule has 1 atom stereocenters. The Kier molecular flexibility index (Phi) is 5.45. The van der Waals surface area contributed by atoms with Crippen LogP contribution in [0.1, 0.15) is 27.9 Å². The molecular weight excluding hydrogens is 369 g/mol. The van der Waals surface area contributed by atoms with Crippen molar-refractivity contribution in [3.8, 4) is 11.3 Å². The summed E-state index contributed by atoms with van der Waals surface area (Å²) in [5, 5.41) is 4.58. The summed E-state index contributed by atoms with van der Waals surface area (Å²) in [6, 6.07) is 14.1. The predicted molar refractivity (Wildman–Crippen MR) is 109 cm³/mol. The summed E-state index contributed by atoms with van der Waals surface area (Å²) in [6.07, 6.45) is 2.29. The normalized spacial score (nSPS) is 16.8. The van der Waals surface area contributed by atoms with Gasteiger partial charge in [-0.1, -0.05) is 17.7 Å². The van der Waals surface area contributed by atoms with Crippen LogP contribution < -0.4 is 0 Å². The van der Waals surface area contributed by atoms with Crippen LogP contribution in [-0.4, -0.2) is 40.0 Å². The Morgan fingerprint density at radius 1 is 1.17 bits per heavy atom. The van der Waals surface area contributed by atoms with Crippen LogP contribution in [0.3, 0.4) is 0 Å². The van der Waals surface area contributed by atoms with E-state index in [1.807, 2.05) is 44.3 Å². The van der Waals surface area contributed by atoms with E-state index in [4.69, 9.17) is 4.74 Å². The van der Waals surface area contributed by atoms with E-state index in [9.17, 15) is 9.18 Å². The number of ether oxygens (including phenoxy) is 1. The average Bonchev–Trinajstić information content (AvgIpc) is 3.19. The smallest absolute Gasteiger partial charge is 0.256 e. The molecule has 0 spiro atoms. The van der Waals surface area contributed by atoms with Crippen molar-refractivity contribution in [3.05, 3.63) is 77.2 Å². The van der Waals surface area contributed by atoms with E-state index in [2.05, 4.69) is 5.10 Å². The highest BCUT2D eigenvalue weighted by Crippen LogP contribution is 2.21. The van der Waals surface area contributed by atoms with E-state index in [1.165, 1.54) is 12.1 Å². The molecule has 0 N–H and O–H groups in total. The second-order valence-corrected chi connectivity index (χ2v) is 7.43. The van der Waals surface area contributed by atoms with Gasteiger partial charge in [0.25, 0.3) is 5.91 Å². The summed E-state index contributed by atoms with van der Waals surface area (Å²) in [6.45, 7) is 5.66. The molecule has 1 aromatic heterocycles. The van der Waals surface area contributed by atoms with Crippen LogP contribution in [0.2, 0.25) is 0 Å². The molecule has 6 heteroatoms. The van der Waals surface area contributed by atoms with E-state index >= 15 is 0 Å². The van der Waals surface area contributed by atoms with Crippen molar-refractivity contribution < 1.29 is 13.9 Å². The van der Waals surface area contributed by atoms with Gasteiger partial charge in [-0.15, -0.1) is 0 Å². The maximum Gasteiger partial charge on any atom is 0.256 e. The van der Waals surface area contributed by atoms with Gasteiger partial charge in [0, 0.05) is 23.9 Å². The number of rotatable bonds is 4. The van der Waals surface area contributed by atoms with Gasteiger partial charge in [-0.3, -0.25) is 9.48 Å². The molecule has 1 aliphatic rings. The summed E-state index contributed by atoms with van der Waals surface area (Å²) in [5.74, 6) is -0.286. The number of nitrogens with zero attached hydrogens (tertiary/aromatic N) is 3. The zero-order valence-electron chi connectivity index (χ0n) is 16.6. The summed E-state index contributed by atoms with van der Waals surface area (Å²) in [5.41, 5.74) is 4.34. The Hall–Kier alpha value is -2.99. The lowest BCUT2D eigenvalue weighted by atomic mass is 10.0. The van der Waals surface area contributed by atoms with Gasteiger partial charge >= 0.3 is 0 Å². The lowest BCUT2D eigenvalue weighted by molar-refractivity contribution is -0.0861. The molecule has 0 aliphatic carbocycles. The molecule has 0 bridgehead atoms. The minimum Gasteiger partial charge on any atom is -0.356 e. The molecule has 150 valence electrons. The van der Waals surface area contributed by atoms with Crippen LogP contribution >= 0.6 is 0 Å². The van der Waals surface area contributed by atoms with E-state index in [0.29, 0.717) is 25.3 Å². The number of benzene rings is 2. The molecule has 3 aromatic rings. The van der Waals surface area contributed by atoms with E-state index in [1.54, 1.807) is 21.7 Å². The average molecular weight is 393 g/mol. The molecule has 1 amide bonds. The third-order valence-corrected chi connectivity index (χ3v) is 5.21. The molecule has 1 unspecified atom stereocenters. The van der Waals surface area contributed by atoms with Gasteiger partial charge in [-0.2, -0.15) is 5.10 Å². The fourth-order valence-corrected chi connectivity index (χ4v) is 3.59. The molecule has 0 radical (unpaired) electrons. The lowest BCUT2D eigenvalue weighted by Gasteiger charge is -2.36. The Morgan fingerprint density at radius 2 is 1.97 bits per heavy atom. The van der Waals surface area contributed by atoms with Gasteiger partial charge < -0.3 is 9.64 Å². The Morgan fingerprint density at radius 3 is 2.76 bits per heavy atom. The molecule has 2 heterocycles. The second kappa shape index (κ2) is 8.17. The highest BCUT2D eigenvalue weighted by atomic mass is 19.1. The standard InChI is InChI=1S/C23H24FN3O2/c1-16-4-5-17(2)20(14-16)23(28)27-11-3-13-29-22(27)15-26-12-10-21(25-26)18-6-8-19(24)9-7-18/h4-10,12,14,22H,3,11,13,15H2,1-2H3. The molecule has 0 saturated carbocycles. The topological polar surface area (TPSA) is 47.4 Å². The summed E-state index contributed by atoms with van der Waals surface area (Å²) in [7, 11) is 0. The van der Waals surface area contributed by atoms with Crippen LogP contribution in [-0.2, 0) is 11.3 Å². The number of amides is 1. The quantitative estimate of drug-likeness (QED) is 0.668. The fourth-order valence-electron chi connectivity index (χ4n) is 3.59. The maximum absolute atomic E-state index is 13.2. The zero-order valence-corrected chi connectivity index (χ0v) is 16.6. The summed E-state index contributed by atoms with van der Waals surface area (Å²) < 4.78 is 20.9. The highest BCUT2D eigenvalue weighted by Gasteiger charge is 2.29. The van der Waals surface area contributed by atoms with Gasteiger partial charge in [0.2, 0.25) is 0 Å².